The molecule has 0 radical (unpaired) electrons. The number of rotatable bonds is 3. The average molecular weight is 420 g/mol. The largest absolute Gasteiger partial charge is 0.459 e. The van der Waals surface area contributed by atoms with E-state index < -0.39 is 5.82 Å². The molecule has 3 aromatic heterocycles. The van der Waals surface area contributed by atoms with Crippen LogP contribution in [0.15, 0.2) is 70.1 Å². The van der Waals surface area contributed by atoms with Crippen LogP contribution in [0.2, 0.25) is 5.15 Å². The van der Waals surface area contributed by atoms with Crippen LogP contribution in [0, 0.1) is 5.82 Å². The fourth-order valence-corrected chi connectivity index (χ4v) is 3.87. The number of aromatic nitrogens is 3. The van der Waals surface area contributed by atoms with E-state index in [2.05, 4.69) is 15.0 Å². The lowest BCUT2D eigenvalue weighted by atomic mass is 9.94. The van der Waals surface area contributed by atoms with Gasteiger partial charge in [0, 0.05) is 5.69 Å². The van der Waals surface area contributed by atoms with Crippen molar-refractivity contribution in [2.45, 2.75) is 12.8 Å². The van der Waals surface area contributed by atoms with E-state index in [9.17, 15) is 9.18 Å². The zero-order valence-electron chi connectivity index (χ0n) is 15.8. The molecule has 1 N–H and O–H groups in total. The highest BCUT2D eigenvalue weighted by Crippen LogP contribution is 2.35. The normalized spacial score (nSPS) is 12.5. The van der Waals surface area contributed by atoms with Crippen LogP contribution in [0.5, 0.6) is 0 Å². The monoisotopic (exact) mass is 419 g/mol. The van der Waals surface area contributed by atoms with Crippen LogP contribution < -0.4 is 5.43 Å². The fraction of sp³-hybridized carbons (Fsp3) is 0.0870. The highest BCUT2D eigenvalue weighted by Gasteiger charge is 2.24. The number of para-hydroxylation sites is 1. The molecule has 7 heteroatoms. The summed E-state index contributed by atoms with van der Waals surface area (Å²) in [7, 11) is 0. The molecule has 3 heterocycles. The van der Waals surface area contributed by atoms with Crippen LogP contribution >= 0.6 is 11.6 Å². The van der Waals surface area contributed by atoms with Crippen LogP contribution in [0.4, 0.5) is 4.39 Å². The van der Waals surface area contributed by atoms with Gasteiger partial charge in [-0.1, -0.05) is 35.9 Å². The fourth-order valence-electron chi connectivity index (χ4n) is 3.69. The number of hydrogen-bond donors (Lipinski definition) is 1. The highest BCUT2D eigenvalue weighted by atomic mass is 35.5. The second-order valence-corrected chi connectivity index (χ2v) is 7.41. The molecule has 0 aliphatic heterocycles. The maximum Gasteiger partial charge on any atom is 0.200 e. The molecule has 5 aromatic rings. The highest BCUT2D eigenvalue weighted by molar-refractivity contribution is 6.33. The van der Waals surface area contributed by atoms with Gasteiger partial charge in [-0.05, 0) is 42.8 Å². The Labute approximate surface area is 175 Å². The lowest BCUT2D eigenvalue weighted by Gasteiger charge is -2.15. The SMILES string of the molecule is CC(c1cc2ncnc(Cl)c2[nH]1)c1oc2ccccc2c(=O)c1-c1cccc(F)c1. The van der Waals surface area contributed by atoms with E-state index in [0.29, 0.717) is 44.0 Å². The molecule has 2 aromatic carbocycles. The van der Waals surface area contributed by atoms with Gasteiger partial charge in [0.15, 0.2) is 5.15 Å². The molecular formula is C23H15ClFN3O2. The summed E-state index contributed by atoms with van der Waals surface area (Å²) in [6, 6.07) is 14.8. The molecule has 1 atom stereocenters. The van der Waals surface area contributed by atoms with Gasteiger partial charge in [0.25, 0.3) is 0 Å². The standard InChI is InChI=1S/C23H15ClFN3O2/c1-12(16-10-17-20(28-16)23(24)27-11-26-17)22-19(13-5-4-6-14(25)9-13)21(29)15-7-2-3-8-18(15)30-22/h2-12,28H,1H3. The summed E-state index contributed by atoms with van der Waals surface area (Å²) in [6.07, 6.45) is 1.39. The summed E-state index contributed by atoms with van der Waals surface area (Å²) in [5, 5.41) is 0.752. The number of hydrogen-bond acceptors (Lipinski definition) is 4. The Balaban J connectivity index is 1.79. The second kappa shape index (κ2) is 7.07. The molecule has 0 aliphatic carbocycles. The minimum Gasteiger partial charge on any atom is -0.459 e. The van der Waals surface area contributed by atoms with Gasteiger partial charge < -0.3 is 9.40 Å². The predicted octanol–water partition coefficient (Wildman–Crippen LogP) is 5.68. The molecule has 0 fully saturated rings. The summed E-state index contributed by atoms with van der Waals surface area (Å²) in [5.74, 6) is -0.350. The topological polar surface area (TPSA) is 71.8 Å². The molecule has 30 heavy (non-hydrogen) atoms. The van der Waals surface area contributed by atoms with Crippen LogP contribution in [0.3, 0.4) is 0 Å². The first-order valence-electron chi connectivity index (χ1n) is 9.33. The van der Waals surface area contributed by atoms with Crippen molar-refractivity contribution in [2.24, 2.45) is 0 Å². The molecule has 1 unspecified atom stereocenters. The summed E-state index contributed by atoms with van der Waals surface area (Å²) in [5.41, 5.74) is 3.07. The van der Waals surface area contributed by atoms with Gasteiger partial charge in [-0.2, -0.15) is 0 Å². The van der Waals surface area contributed by atoms with E-state index in [1.165, 1.54) is 18.5 Å². The van der Waals surface area contributed by atoms with E-state index in [1.807, 2.05) is 13.0 Å². The van der Waals surface area contributed by atoms with Gasteiger partial charge in [-0.25, -0.2) is 14.4 Å². The van der Waals surface area contributed by atoms with Crippen molar-refractivity contribution in [2.75, 3.05) is 0 Å². The predicted molar refractivity (Wildman–Crippen MR) is 114 cm³/mol. The van der Waals surface area contributed by atoms with Gasteiger partial charge in [-0.15, -0.1) is 0 Å². The average Bonchev–Trinajstić information content (AvgIpc) is 3.19. The molecule has 0 spiro atoms. The van der Waals surface area contributed by atoms with Crippen LogP contribution in [-0.2, 0) is 0 Å². The number of nitrogens with one attached hydrogen (secondary N) is 1. The van der Waals surface area contributed by atoms with Crippen molar-refractivity contribution < 1.29 is 8.81 Å². The lowest BCUT2D eigenvalue weighted by Crippen LogP contribution is -2.12. The Morgan fingerprint density at radius 2 is 1.93 bits per heavy atom. The minimum absolute atomic E-state index is 0.210. The lowest BCUT2D eigenvalue weighted by molar-refractivity contribution is 0.519. The van der Waals surface area contributed by atoms with E-state index in [1.54, 1.807) is 36.4 Å². The number of aromatic amines is 1. The van der Waals surface area contributed by atoms with Crippen molar-refractivity contribution in [1.82, 2.24) is 15.0 Å². The van der Waals surface area contributed by atoms with Gasteiger partial charge in [0.2, 0.25) is 5.43 Å². The van der Waals surface area contributed by atoms with E-state index in [-0.39, 0.29) is 11.3 Å². The molecule has 5 nitrogen and oxygen atoms in total. The van der Waals surface area contributed by atoms with Gasteiger partial charge in [0.1, 0.15) is 29.0 Å². The summed E-state index contributed by atoms with van der Waals surface area (Å²) >= 11 is 6.17. The number of nitrogens with zero attached hydrogens (tertiary/aromatic N) is 2. The molecule has 0 amide bonds. The summed E-state index contributed by atoms with van der Waals surface area (Å²) < 4.78 is 20.2. The van der Waals surface area contributed by atoms with E-state index >= 15 is 0 Å². The zero-order valence-corrected chi connectivity index (χ0v) is 16.6. The van der Waals surface area contributed by atoms with Crippen molar-refractivity contribution in [1.29, 1.82) is 0 Å². The quantitative estimate of drug-likeness (QED) is 0.382. The van der Waals surface area contributed by atoms with E-state index in [0.717, 1.165) is 5.69 Å². The molecule has 0 bridgehead atoms. The first kappa shape index (κ1) is 18.5. The molecule has 5 rings (SSSR count). The third-order valence-electron chi connectivity index (χ3n) is 5.19. The van der Waals surface area contributed by atoms with Crippen LogP contribution in [-0.4, -0.2) is 15.0 Å². The smallest absolute Gasteiger partial charge is 0.200 e. The maximum absolute atomic E-state index is 14.0. The molecule has 148 valence electrons. The number of fused-ring (bicyclic) bond motifs is 2. The van der Waals surface area contributed by atoms with Gasteiger partial charge >= 0.3 is 0 Å². The molecule has 0 aliphatic rings. The Hall–Kier alpha value is -3.51. The summed E-state index contributed by atoms with van der Waals surface area (Å²) in [6.45, 7) is 1.90. The van der Waals surface area contributed by atoms with Gasteiger partial charge in [0.05, 0.1) is 22.4 Å². The first-order valence-corrected chi connectivity index (χ1v) is 9.71. The van der Waals surface area contributed by atoms with E-state index in [4.69, 9.17) is 16.0 Å². The number of halogens is 2. The van der Waals surface area contributed by atoms with Crippen molar-refractivity contribution in [3.05, 3.63) is 93.6 Å². The Bertz CT molecular complexity index is 1470. The Morgan fingerprint density at radius 1 is 1.10 bits per heavy atom. The van der Waals surface area contributed by atoms with Crippen molar-refractivity contribution in [3.8, 4) is 11.1 Å². The third-order valence-corrected chi connectivity index (χ3v) is 5.48. The second-order valence-electron chi connectivity index (χ2n) is 7.05. The maximum atomic E-state index is 14.0. The summed E-state index contributed by atoms with van der Waals surface area (Å²) in [4.78, 5) is 24.8. The minimum atomic E-state index is -0.425. The Kier molecular flexibility index (Phi) is 4.37. The Morgan fingerprint density at radius 3 is 2.73 bits per heavy atom. The van der Waals surface area contributed by atoms with Crippen molar-refractivity contribution >= 4 is 33.6 Å². The van der Waals surface area contributed by atoms with Crippen LogP contribution in [0.1, 0.15) is 24.3 Å². The number of benzene rings is 2. The third kappa shape index (κ3) is 2.97. The van der Waals surface area contributed by atoms with Crippen LogP contribution in [0.25, 0.3) is 33.1 Å². The number of H-pyrrole nitrogens is 1. The van der Waals surface area contributed by atoms with Crippen molar-refractivity contribution in [3.63, 3.8) is 0 Å². The molecule has 0 saturated heterocycles. The molecule has 0 saturated carbocycles. The molecular weight excluding hydrogens is 405 g/mol. The van der Waals surface area contributed by atoms with Gasteiger partial charge in [-0.3, -0.25) is 4.79 Å². The zero-order chi connectivity index (χ0) is 20.8. The first-order chi connectivity index (χ1) is 14.5.